The molecule has 0 unspecified atom stereocenters. The molecule has 1 saturated heterocycles. The highest BCUT2D eigenvalue weighted by Crippen LogP contribution is 2.35. The van der Waals surface area contributed by atoms with Gasteiger partial charge in [-0.15, -0.1) is 0 Å². The molecule has 2 aliphatic rings. The van der Waals surface area contributed by atoms with E-state index >= 15 is 0 Å². The third-order valence-corrected chi connectivity index (χ3v) is 8.17. The fourth-order valence-electron chi connectivity index (χ4n) is 5.83. The number of para-hydroxylation sites is 2. The first-order chi connectivity index (χ1) is 20.0. The number of carbonyl (C=O) groups is 1. The quantitative estimate of drug-likeness (QED) is 0.268. The van der Waals surface area contributed by atoms with Gasteiger partial charge in [0.1, 0.15) is 5.75 Å². The van der Waals surface area contributed by atoms with Gasteiger partial charge >= 0.3 is 0 Å². The third kappa shape index (κ3) is 6.16. The summed E-state index contributed by atoms with van der Waals surface area (Å²) in [5.74, 6) is 0.701. The lowest BCUT2D eigenvalue weighted by molar-refractivity contribution is 0.0987. The number of nitrogens with one attached hydrogen (secondary N) is 2. The first-order valence-electron chi connectivity index (χ1n) is 14.7. The highest BCUT2D eigenvalue weighted by Gasteiger charge is 2.24. The first-order valence-corrected chi connectivity index (χ1v) is 14.7. The van der Waals surface area contributed by atoms with Gasteiger partial charge in [0, 0.05) is 61.1 Å². The summed E-state index contributed by atoms with van der Waals surface area (Å²) < 4.78 is 6.48. The molecule has 212 valence electrons. The molecule has 7 nitrogen and oxygen atoms in total. The smallest absolute Gasteiger partial charge is 0.258 e. The summed E-state index contributed by atoms with van der Waals surface area (Å²) in [6, 6.07) is 22.2. The normalized spacial score (nSPS) is 16.6. The molecule has 0 spiro atoms. The van der Waals surface area contributed by atoms with Crippen LogP contribution in [0.3, 0.4) is 0 Å². The molecule has 3 aromatic carbocycles. The molecule has 1 amide bonds. The van der Waals surface area contributed by atoms with Crippen LogP contribution in [0.4, 0.5) is 11.4 Å². The van der Waals surface area contributed by atoms with Crippen molar-refractivity contribution < 1.29 is 9.53 Å². The molecule has 2 aliphatic heterocycles. The van der Waals surface area contributed by atoms with Crippen molar-refractivity contribution in [1.82, 2.24) is 14.8 Å². The summed E-state index contributed by atoms with van der Waals surface area (Å²) in [6.45, 7) is 10.8. The van der Waals surface area contributed by atoms with Gasteiger partial charge in [-0.3, -0.25) is 4.79 Å². The van der Waals surface area contributed by atoms with Gasteiger partial charge in [0.2, 0.25) is 0 Å². The molecule has 2 N–H and O–H groups in total. The monoisotopic (exact) mass is 549 g/mol. The fraction of sp³-hybridized carbons (Fsp3) is 0.324. The molecule has 7 heteroatoms. The van der Waals surface area contributed by atoms with Gasteiger partial charge in [-0.2, -0.15) is 0 Å². The zero-order valence-electron chi connectivity index (χ0n) is 23.9. The molecule has 0 aliphatic carbocycles. The van der Waals surface area contributed by atoms with Crippen LogP contribution in [0.5, 0.6) is 5.75 Å². The van der Waals surface area contributed by atoms with E-state index in [0.29, 0.717) is 25.1 Å². The standard InChI is InChI=1S/C34H39N5O2/c1-25-14-19-39(32-8-4-3-7-31(32)36-25)34(40)28-9-11-29(26-10-12-30-27(23-26)13-15-35-30)33(24-28)41-22-6-18-38-17-5-16-37(2)20-21-38/h3-4,7-13,15,23-24,35-36H,1,5-6,14,16-22H2,2H3. The second-order valence-corrected chi connectivity index (χ2v) is 11.1. The Morgan fingerprint density at radius 3 is 2.80 bits per heavy atom. The summed E-state index contributed by atoms with van der Waals surface area (Å²) in [5, 5.41) is 4.51. The van der Waals surface area contributed by atoms with Crippen LogP contribution >= 0.6 is 0 Å². The lowest BCUT2D eigenvalue weighted by atomic mass is 10.0. The molecule has 0 radical (unpaired) electrons. The number of likely N-dealkylation sites (N-methyl/N-ethyl adjacent to an activating group) is 1. The molecule has 4 aromatic rings. The first kappa shape index (κ1) is 27.1. The Morgan fingerprint density at radius 2 is 1.88 bits per heavy atom. The lowest BCUT2D eigenvalue weighted by Gasteiger charge is -2.23. The maximum atomic E-state index is 14.0. The summed E-state index contributed by atoms with van der Waals surface area (Å²) in [4.78, 5) is 24.0. The van der Waals surface area contributed by atoms with Crippen LogP contribution in [0, 0.1) is 0 Å². The Bertz CT molecular complexity index is 1540. The van der Waals surface area contributed by atoms with Crippen LogP contribution in [-0.4, -0.2) is 73.6 Å². The number of hydrogen-bond acceptors (Lipinski definition) is 5. The minimum absolute atomic E-state index is 0.0416. The zero-order chi connectivity index (χ0) is 28.2. The minimum Gasteiger partial charge on any atom is -0.493 e. The molecule has 0 atom stereocenters. The number of benzene rings is 3. The van der Waals surface area contributed by atoms with E-state index in [4.69, 9.17) is 4.74 Å². The van der Waals surface area contributed by atoms with E-state index < -0.39 is 0 Å². The summed E-state index contributed by atoms with van der Waals surface area (Å²) >= 11 is 0. The van der Waals surface area contributed by atoms with Crippen molar-refractivity contribution in [2.75, 3.05) is 63.1 Å². The number of hydrogen-bond donors (Lipinski definition) is 2. The number of amides is 1. The Kier molecular flexibility index (Phi) is 8.07. The van der Waals surface area contributed by atoms with Crippen molar-refractivity contribution in [2.24, 2.45) is 0 Å². The number of rotatable bonds is 7. The van der Waals surface area contributed by atoms with Gasteiger partial charge in [-0.25, -0.2) is 0 Å². The average molecular weight is 550 g/mol. The molecule has 6 rings (SSSR count). The predicted octanol–water partition coefficient (Wildman–Crippen LogP) is 6.22. The lowest BCUT2D eigenvalue weighted by Crippen LogP contribution is -2.31. The van der Waals surface area contributed by atoms with E-state index in [-0.39, 0.29) is 5.91 Å². The maximum absolute atomic E-state index is 14.0. The van der Waals surface area contributed by atoms with Gasteiger partial charge in [-0.1, -0.05) is 24.8 Å². The van der Waals surface area contributed by atoms with Crippen LogP contribution in [0.25, 0.3) is 22.0 Å². The Hall–Kier alpha value is -4.07. The van der Waals surface area contributed by atoms with Crippen molar-refractivity contribution in [1.29, 1.82) is 0 Å². The number of ether oxygens (including phenoxy) is 1. The van der Waals surface area contributed by atoms with Crippen LogP contribution in [0.2, 0.25) is 0 Å². The number of aromatic nitrogens is 1. The van der Waals surface area contributed by atoms with Gasteiger partial charge in [0.25, 0.3) is 5.91 Å². The van der Waals surface area contributed by atoms with Crippen molar-refractivity contribution in [3.63, 3.8) is 0 Å². The number of fused-ring (bicyclic) bond motifs is 2. The highest BCUT2D eigenvalue weighted by molar-refractivity contribution is 6.08. The van der Waals surface area contributed by atoms with Crippen molar-refractivity contribution >= 4 is 28.2 Å². The number of nitrogens with zero attached hydrogens (tertiary/aromatic N) is 3. The summed E-state index contributed by atoms with van der Waals surface area (Å²) in [7, 11) is 2.20. The van der Waals surface area contributed by atoms with E-state index in [2.05, 4.69) is 58.0 Å². The molecular formula is C34H39N5O2. The second-order valence-electron chi connectivity index (χ2n) is 11.1. The van der Waals surface area contributed by atoms with Gasteiger partial charge in [0.05, 0.1) is 18.0 Å². The fourth-order valence-corrected chi connectivity index (χ4v) is 5.83. The predicted molar refractivity (Wildman–Crippen MR) is 168 cm³/mol. The molecular weight excluding hydrogens is 510 g/mol. The van der Waals surface area contributed by atoms with Crippen LogP contribution < -0.4 is 15.0 Å². The molecule has 1 fully saturated rings. The van der Waals surface area contributed by atoms with Gasteiger partial charge < -0.3 is 29.7 Å². The Labute approximate surface area is 242 Å². The highest BCUT2D eigenvalue weighted by atomic mass is 16.5. The minimum atomic E-state index is -0.0416. The van der Waals surface area contributed by atoms with E-state index in [0.717, 1.165) is 84.0 Å². The van der Waals surface area contributed by atoms with Crippen molar-refractivity contribution in [3.8, 4) is 16.9 Å². The third-order valence-electron chi connectivity index (χ3n) is 8.17. The number of H-pyrrole nitrogens is 1. The SMILES string of the molecule is C=C1CCN(C(=O)c2ccc(-c3ccc4[nH]ccc4c3)c(OCCCN3CCCN(C)CC3)c2)c2ccccc2N1. The Morgan fingerprint density at radius 1 is 0.976 bits per heavy atom. The topological polar surface area (TPSA) is 63.8 Å². The molecule has 0 saturated carbocycles. The maximum Gasteiger partial charge on any atom is 0.258 e. The van der Waals surface area contributed by atoms with Gasteiger partial charge in [0.15, 0.2) is 0 Å². The van der Waals surface area contributed by atoms with Crippen LogP contribution in [0.15, 0.2) is 85.2 Å². The van der Waals surface area contributed by atoms with Crippen molar-refractivity contribution in [2.45, 2.75) is 19.3 Å². The summed E-state index contributed by atoms with van der Waals surface area (Å²) in [5.41, 5.74) is 6.45. The molecule has 0 bridgehead atoms. The van der Waals surface area contributed by atoms with Crippen LogP contribution in [-0.2, 0) is 0 Å². The van der Waals surface area contributed by atoms with E-state index in [1.54, 1.807) is 0 Å². The van der Waals surface area contributed by atoms with E-state index in [1.165, 1.54) is 6.42 Å². The van der Waals surface area contributed by atoms with Crippen LogP contribution in [0.1, 0.15) is 29.6 Å². The second kappa shape index (κ2) is 12.2. The average Bonchev–Trinajstić information content (AvgIpc) is 3.27. The Balaban J connectivity index is 1.26. The van der Waals surface area contributed by atoms with Gasteiger partial charge in [-0.05, 0) is 92.5 Å². The summed E-state index contributed by atoms with van der Waals surface area (Å²) in [6.07, 6.45) is 4.78. The van der Waals surface area contributed by atoms with E-state index in [9.17, 15) is 4.79 Å². The number of anilines is 2. The molecule has 3 heterocycles. The van der Waals surface area contributed by atoms with Crippen molar-refractivity contribution in [3.05, 3.63) is 90.8 Å². The molecule has 1 aromatic heterocycles. The van der Waals surface area contributed by atoms with E-state index in [1.807, 2.05) is 53.6 Å². The largest absolute Gasteiger partial charge is 0.493 e. The number of aromatic amines is 1. The zero-order valence-corrected chi connectivity index (χ0v) is 23.9. The molecule has 41 heavy (non-hydrogen) atoms. The number of carbonyl (C=O) groups excluding carboxylic acids is 1.